The number of hydrogen-bond acceptors (Lipinski definition) is 5. The predicted molar refractivity (Wildman–Crippen MR) is 106 cm³/mol. The third-order valence-corrected chi connectivity index (χ3v) is 6.14. The zero-order valence-electron chi connectivity index (χ0n) is 14.3. The molecule has 2 aromatic heterocycles. The smallest absolute Gasteiger partial charge is 0.140 e. The summed E-state index contributed by atoms with van der Waals surface area (Å²) >= 11 is 7.75. The van der Waals surface area contributed by atoms with E-state index in [1.807, 2.05) is 12.1 Å². The van der Waals surface area contributed by atoms with Gasteiger partial charge in [-0.1, -0.05) is 30.7 Å². The van der Waals surface area contributed by atoms with Crippen LogP contribution in [0.3, 0.4) is 0 Å². The molecule has 130 valence electrons. The fourth-order valence-corrected chi connectivity index (χ4v) is 4.34. The van der Waals surface area contributed by atoms with Gasteiger partial charge in [-0.15, -0.1) is 11.3 Å². The van der Waals surface area contributed by atoms with Gasteiger partial charge in [-0.3, -0.25) is 4.90 Å². The van der Waals surface area contributed by atoms with Gasteiger partial charge in [-0.2, -0.15) is 0 Å². The Morgan fingerprint density at radius 2 is 1.84 bits per heavy atom. The molecule has 1 aliphatic rings. The van der Waals surface area contributed by atoms with Gasteiger partial charge in [-0.05, 0) is 30.2 Å². The van der Waals surface area contributed by atoms with E-state index in [1.54, 1.807) is 17.7 Å². The second kappa shape index (κ2) is 7.28. The predicted octanol–water partition coefficient (Wildman–Crippen LogP) is 4.23. The standard InChI is InChI=1S/C19H21ClN4S/c1-2-16-11-17-18(21-13-22-19(17)25-16)24-9-7-23(8-10-24)12-14-3-5-15(20)6-4-14/h3-6,11,13H,2,7-10,12H2,1H3. The molecule has 1 aromatic carbocycles. The third kappa shape index (κ3) is 3.64. The van der Waals surface area contributed by atoms with E-state index in [-0.39, 0.29) is 0 Å². The summed E-state index contributed by atoms with van der Waals surface area (Å²) in [6.45, 7) is 7.24. The van der Waals surface area contributed by atoms with Crippen molar-refractivity contribution in [2.24, 2.45) is 0 Å². The maximum Gasteiger partial charge on any atom is 0.140 e. The van der Waals surface area contributed by atoms with E-state index >= 15 is 0 Å². The van der Waals surface area contributed by atoms with Crippen LogP contribution in [0.1, 0.15) is 17.4 Å². The molecule has 0 spiro atoms. The zero-order chi connectivity index (χ0) is 17.2. The fourth-order valence-electron chi connectivity index (χ4n) is 3.28. The summed E-state index contributed by atoms with van der Waals surface area (Å²) in [7, 11) is 0. The number of piperazine rings is 1. The number of aromatic nitrogens is 2. The summed E-state index contributed by atoms with van der Waals surface area (Å²) in [5.41, 5.74) is 1.31. The first-order valence-electron chi connectivity index (χ1n) is 8.68. The van der Waals surface area contributed by atoms with Crippen LogP contribution in [-0.2, 0) is 13.0 Å². The molecule has 6 heteroatoms. The quantitative estimate of drug-likeness (QED) is 0.686. The summed E-state index contributed by atoms with van der Waals surface area (Å²) in [6, 6.07) is 10.4. The van der Waals surface area contributed by atoms with E-state index in [0.29, 0.717) is 0 Å². The number of fused-ring (bicyclic) bond motifs is 1. The number of hydrogen-bond donors (Lipinski definition) is 0. The van der Waals surface area contributed by atoms with Crippen LogP contribution in [-0.4, -0.2) is 41.0 Å². The minimum atomic E-state index is 0.795. The molecule has 0 bridgehead atoms. The summed E-state index contributed by atoms with van der Waals surface area (Å²) in [6.07, 6.45) is 2.75. The second-order valence-corrected chi connectivity index (χ2v) is 7.92. The summed E-state index contributed by atoms with van der Waals surface area (Å²) in [5, 5.41) is 2.00. The Bertz CT molecular complexity index is 853. The average Bonchev–Trinajstić information content (AvgIpc) is 3.08. The minimum Gasteiger partial charge on any atom is -0.353 e. The molecule has 1 aliphatic heterocycles. The van der Waals surface area contributed by atoms with E-state index < -0.39 is 0 Å². The maximum atomic E-state index is 5.97. The van der Waals surface area contributed by atoms with Crippen molar-refractivity contribution in [2.45, 2.75) is 19.9 Å². The molecular formula is C19H21ClN4S. The van der Waals surface area contributed by atoms with Crippen molar-refractivity contribution in [1.29, 1.82) is 0 Å². The van der Waals surface area contributed by atoms with E-state index in [0.717, 1.165) is 54.8 Å². The van der Waals surface area contributed by atoms with Gasteiger partial charge in [0.15, 0.2) is 0 Å². The highest BCUT2D eigenvalue weighted by Gasteiger charge is 2.20. The minimum absolute atomic E-state index is 0.795. The number of benzene rings is 1. The van der Waals surface area contributed by atoms with E-state index in [2.05, 4.69) is 44.9 Å². The molecule has 0 unspecified atom stereocenters. The Hall–Kier alpha value is -1.69. The van der Waals surface area contributed by atoms with Gasteiger partial charge in [0.25, 0.3) is 0 Å². The van der Waals surface area contributed by atoms with Crippen LogP contribution in [0, 0.1) is 0 Å². The highest BCUT2D eigenvalue weighted by atomic mass is 35.5. The number of nitrogens with zero attached hydrogens (tertiary/aromatic N) is 4. The van der Waals surface area contributed by atoms with Crippen LogP contribution in [0.15, 0.2) is 36.7 Å². The Balaban J connectivity index is 1.45. The summed E-state index contributed by atoms with van der Waals surface area (Å²) < 4.78 is 0. The van der Waals surface area contributed by atoms with Gasteiger partial charge in [0.2, 0.25) is 0 Å². The van der Waals surface area contributed by atoms with Gasteiger partial charge >= 0.3 is 0 Å². The number of anilines is 1. The Kier molecular flexibility index (Phi) is 4.88. The van der Waals surface area contributed by atoms with Gasteiger partial charge < -0.3 is 4.90 Å². The monoisotopic (exact) mass is 372 g/mol. The normalized spacial score (nSPS) is 15.8. The summed E-state index contributed by atoms with van der Waals surface area (Å²) in [5.74, 6) is 1.09. The summed E-state index contributed by atoms with van der Waals surface area (Å²) in [4.78, 5) is 16.4. The van der Waals surface area contributed by atoms with Crippen LogP contribution in [0.5, 0.6) is 0 Å². The molecule has 4 rings (SSSR count). The van der Waals surface area contributed by atoms with Crippen molar-refractivity contribution >= 4 is 39.0 Å². The van der Waals surface area contributed by atoms with Gasteiger partial charge in [0.05, 0.1) is 5.39 Å². The molecule has 3 heterocycles. The lowest BCUT2D eigenvalue weighted by Crippen LogP contribution is -2.46. The number of halogens is 1. The molecule has 0 radical (unpaired) electrons. The van der Waals surface area contributed by atoms with Gasteiger partial charge in [0.1, 0.15) is 17.0 Å². The fraction of sp³-hybridized carbons (Fsp3) is 0.368. The molecule has 0 aliphatic carbocycles. The molecule has 0 N–H and O–H groups in total. The lowest BCUT2D eigenvalue weighted by atomic mass is 10.2. The lowest BCUT2D eigenvalue weighted by molar-refractivity contribution is 0.249. The van der Waals surface area contributed by atoms with Crippen LogP contribution in [0.4, 0.5) is 5.82 Å². The molecule has 1 saturated heterocycles. The molecule has 4 nitrogen and oxygen atoms in total. The first-order chi connectivity index (χ1) is 12.2. The first kappa shape index (κ1) is 16.8. The first-order valence-corrected chi connectivity index (χ1v) is 9.87. The molecule has 0 saturated carbocycles. The zero-order valence-corrected chi connectivity index (χ0v) is 15.9. The van der Waals surface area contributed by atoms with Crippen molar-refractivity contribution in [3.8, 4) is 0 Å². The van der Waals surface area contributed by atoms with E-state index in [4.69, 9.17) is 11.6 Å². The molecule has 3 aromatic rings. The van der Waals surface area contributed by atoms with Crippen LogP contribution < -0.4 is 4.90 Å². The van der Waals surface area contributed by atoms with Crippen molar-refractivity contribution in [1.82, 2.24) is 14.9 Å². The number of aryl methyl sites for hydroxylation is 1. The van der Waals surface area contributed by atoms with Crippen molar-refractivity contribution < 1.29 is 0 Å². The Morgan fingerprint density at radius 3 is 2.56 bits per heavy atom. The maximum absolute atomic E-state index is 5.97. The van der Waals surface area contributed by atoms with Gasteiger partial charge in [0, 0.05) is 42.6 Å². The SMILES string of the molecule is CCc1cc2c(N3CCN(Cc4ccc(Cl)cc4)CC3)ncnc2s1. The number of thiophene rings is 1. The molecule has 0 atom stereocenters. The van der Waals surface area contributed by atoms with Crippen molar-refractivity contribution in [3.05, 3.63) is 52.1 Å². The average molecular weight is 373 g/mol. The Morgan fingerprint density at radius 1 is 1.08 bits per heavy atom. The highest BCUT2D eigenvalue weighted by molar-refractivity contribution is 7.18. The van der Waals surface area contributed by atoms with Crippen LogP contribution >= 0.6 is 22.9 Å². The van der Waals surface area contributed by atoms with Crippen molar-refractivity contribution in [3.63, 3.8) is 0 Å². The third-order valence-electron chi connectivity index (χ3n) is 4.70. The second-order valence-electron chi connectivity index (χ2n) is 6.37. The molecule has 25 heavy (non-hydrogen) atoms. The Labute approximate surface area is 157 Å². The lowest BCUT2D eigenvalue weighted by Gasteiger charge is -2.35. The highest BCUT2D eigenvalue weighted by Crippen LogP contribution is 2.31. The molecular weight excluding hydrogens is 352 g/mol. The van der Waals surface area contributed by atoms with Crippen LogP contribution in [0.25, 0.3) is 10.2 Å². The molecule has 0 amide bonds. The van der Waals surface area contributed by atoms with Crippen molar-refractivity contribution in [2.75, 3.05) is 31.1 Å². The topological polar surface area (TPSA) is 32.3 Å². The van der Waals surface area contributed by atoms with Crippen LogP contribution in [0.2, 0.25) is 5.02 Å². The van der Waals surface area contributed by atoms with Gasteiger partial charge in [-0.25, -0.2) is 9.97 Å². The largest absolute Gasteiger partial charge is 0.353 e. The molecule has 1 fully saturated rings. The number of rotatable bonds is 4. The van der Waals surface area contributed by atoms with E-state index in [1.165, 1.54) is 15.8 Å². The van der Waals surface area contributed by atoms with E-state index in [9.17, 15) is 0 Å².